The second-order valence-electron chi connectivity index (χ2n) is 6.43. The molecule has 10 nitrogen and oxygen atoms in total. The minimum absolute atomic E-state index is 0.00746. The molecule has 0 aliphatic carbocycles. The highest BCUT2D eigenvalue weighted by Crippen LogP contribution is 2.29. The van der Waals surface area contributed by atoms with Gasteiger partial charge in [-0.15, -0.1) is 0 Å². The molecule has 0 atom stereocenters. The summed E-state index contributed by atoms with van der Waals surface area (Å²) in [5.74, 6) is -0.914. The van der Waals surface area contributed by atoms with Crippen molar-refractivity contribution in [2.24, 2.45) is 0 Å². The van der Waals surface area contributed by atoms with Gasteiger partial charge in [-0.1, -0.05) is 12.1 Å². The van der Waals surface area contributed by atoms with Crippen LogP contribution in [0.3, 0.4) is 0 Å². The summed E-state index contributed by atoms with van der Waals surface area (Å²) in [6, 6.07) is 7.40. The molecule has 3 aromatic rings. The molecular weight excluding hydrogens is 376 g/mol. The normalized spacial score (nSPS) is 13.5. The molecular formula is C19H18N6O4. The van der Waals surface area contributed by atoms with Gasteiger partial charge in [0.25, 0.3) is 5.91 Å². The number of aromatic nitrogens is 4. The third-order valence-electron chi connectivity index (χ3n) is 4.55. The summed E-state index contributed by atoms with van der Waals surface area (Å²) < 4.78 is 7.13. The second kappa shape index (κ2) is 7.58. The van der Waals surface area contributed by atoms with Crippen LogP contribution in [0.15, 0.2) is 43.0 Å². The molecule has 2 aromatic heterocycles. The fourth-order valence-electron chi connectivity index (χ4n) is 3.09. The van der Waals surface area contributed by atoms with Crippen molar-refractivity contribution in [2.45, 2.75) is 13.0 Å². The van der Waals surface area contributed by atoms with Crippen LogP contribution in [-0.4, -0.2) is 49.9 Å². The number of benzene rings is 1. The molecule has 0 spiro atoms. The van der Waals surface area contributed by atoms with E-state index in [0.29, 0.717) is 18.8 Å². The summed E-state index contributed by atoms with van der Waals surface area (Å²) in [6.45, 7) is 0.937. The maximum atomic E-state index is 13.0. The molecule has 0 saturated heterocycles. The van der Waals surface area contributed by atoms with Gasteiger partial charge >= 0.3 is 5.97 Å². The van der Waals surface area contributed by atoms with Crippen molar-refractivity contribution in [3.8, 4) is 17.0 Å². The third kappa shape index (κ3) is 3.72. The first-order chi connectivity index (χ1) is 14.0. The predicted octanol–water partition coefficient (Wildman–Crippen LogP) is 1.44. The average molecular weight is 394 g/mol. The first-order valence-electron chi connectivity index (χ1n) is 8.93. The molecule has 29 heavy (non-hydrogen) atoms. The van der Waals surface area contributed by atoms with Gasteiger partial charge in [0.15, 0.2) is 0 Å². The van der Waals surface area contributed by atoms with Gasteiger partial charge < -0.3 is 20.5 Å². The molecule has 1 aliphatic heterocycles. The van der Waals surface area contributed by atoms with Gasteiger partial charge in [0.05, 0.1) is 25.7 Å². The fraction of sp³-hybridized carbons (Fsp3) is 0.211. The summed E-state index contributed by atoms with van der Waals surface area (Å²) >= 11 is 0. The lowest BCUT2D eigenvalue weighted by molar-refractivity contribution is -0.137. The molecule has 10 heteroatoms. The Morgan fingerprint density at radius 2 is 2.00 bits per heavy atom. The number of aryl methyl sites for hydroxylation is 1. The Kier molecular flexibility index (Phi) is 4.82. The van der Waals surface area contributed by atoms with Crippen LogP contribution in [0, 0.1) is 0 Å². The number of hydrogen-bond acceptors (Lipinski definition) is 7. The zero-order chi connectivity index (χ0) is 20.4. The van der Waals surface area contributed by atoms with Crippen LogP contribution >= 0.6 is 0 Å². The Labute approximate surface area is 165 Å². The monoisotopic (exact) mass is 394 g/mol. The smallest absolute Gasteiger partial charge is 0.305 e. The van der Waals surface area contributed by atoms with E-state index in [9.17, 15) is 9.59 Å². The number of carboxylic acids is 1. The average Bonchev–Trinajstić information content (AvgIpc) is 3.11. The summed E-state index contributed by atoms with van der Waals surface area (Å²) in [7, 11) is 0. The number of ether oxygens (including phenoxy) is 1. The molecule has 0 fully saturated rings. The van der Waals surface area contributed by atoms with Crippen LogP contribution in [0.25, 0.3) is 11.1 Å². The van der Waals surface area contributed by atoms with E-state index in [2.05, 4.69) is 15.1 Å². The van der Waals surface area contributed by atoms with E-state index in [1.165, 1.54) is 6.33 Å². The second-order valence-corrected chi connectivity index (χ2v) is 6.43. The van der Waals surface area contributed by atoms with Crippen LogP contribution in [0.5, 0.6) is 5.88 Å². The van der Waals surface area contributed by atoms with Crippen molar-refractivity contribution in [1.29, 1.82) is 0 Å². The summed E-state index contributed by atoms with van der Waals surface area (Å²) in [5, 5.41) is 13.0. The van der Waals surface area contributed by atoms with Gasteiger partial charge in [-0.3, -0.25) is 14.3 Å². The largest absolute Gasteiger partial charge is 0.481 e. The Morgan fingerprint density at radius 3 is 2.76 bits per heavy atom. The standard InChI is InChI=1S/C19H18N6O4/c20-17-16-18(22-11-21-17)29-8-7-25(19(16)28)14-3-1-12(2-4-14)13-9-23-24(10-13)6-5-15(26)27/h1-4,9-11H,5-8H2,(H,26,27)(H2,20,21,22). The molecule has 148 valence electrons. The van der Waals surface area contributed by atoms with Crippen molar-refractivity contribution < 1.29 is 19.4 Å². The lowest BCUT2D eigenvalue weighted by Gasteiger charge is -2.20. The Hall–Kier alpha value is -3.95. The van der Waals surface area contributed by atoms with Gasteiger partial charge in [-0.05, 0) is 17.7 Å². The maximum Gasteiger partial charge on any atom is 0.305 e. The molecule has 1 aliphatic rings. The highest BCUT2D eigenvalue weighted by molar-refractivity contribution is 6.10. The number of nitrogens with two attached hydrogens (primary N) is 1. The lowest BCUT2D eigenvalue weighted by Crippen LogP contribution is -2.32. The first kappa shape index (κ1) is 18.4. The summed E-state index contributed by atoms with van der Waals surface area (Å²) in [6.07, 6.45) is 4.74. The number of carbonyl (C=O) groups is 2. The van der Waals surface area contributed by atoms with E-state index < -0.39 is 5.97 Å². The molecule has 0 saturated carbocycles. The van der Waals surface area contributed by atoms with Crippen molar-refractivity contribution in [3.05, 3.63) is 48.5 Å². The third-order valence-corrected chi connectivity index (χ3v) is 4.55. The van der Waals surface area contributed by atoms with Crippen LogP contribution < -0.4 is 15.4 Å². The Balaban J connectivity index is 1.56. The quantitative estimate of drug-likeness (QED) is 0.663. The van der Waals surface area contributed by atoms with Crippen molar-refractivity contribution >= 4 is 23.4 Å². The number of carboxylic acid groups (broad SMARTS) is 1. The molecule has 3 N–H and O–H groups in total. The fourth-order valence-corrected chi connectivity index (χ4v) is 3.09. The number of aliphatic carboxylic acids is 1. The van der Waals surface area contributed by atoms with E-state index in [1.807, 2.05) is 24.3 Å². The molecule has 1 amide bonds. The summed E-state index contributed by atoms with van der Waals surface area (Å²) in [5.41, 5.74) is 8.47. The minimum atomic E-state index is -0.870. The minimum Gasteiger partial charge on any atom is -0.481 e. The molecule has 1 aromatic carbocycles. The van der Waals surface area contributed by atoms with Crippen LogP contribution in [0.2, 0.25) is 0 Å². The molecule has 0 unspecified atom stereocenters. The van der Waals surface area contributed by atoms with Crippen LogP contribution in [0.1, 0.15) is 16.8 Å². The number of rotatable bonds is 5. The number of nitrogen functional groups attached to an aromatic ring is 1. The molecule has 4 rings (SSSR count). The number of carbonyl (C=O) groups excluding carboxylic acids is 1. The first-order valence-corrected chi connectivity index (χ1v) is 8.93. The highest BCUT2D eigenvalue weighted by Gasteiger charge is 2.28. The summed E-state index contributed by atoms with van der Waals surface area (Å²) in [4.78, 5) is 33.1. The zero-order valence-corrected chi connectivity index (χ0v) is 15.4. The van der Waals surface area contributed by atoms with Crippen LogP contribution in [-0.2, 0) is 11.3 Å². The lowest BCUT2D eigenvalue weighted by atomic mass is 10.1. The van der Waals surface area contributed by atoms with Crippen molar-refractivity contribution in [1.82, 2.24) is 19.7 Å². The van der Waals surface area contributed by atoms with Crippen molar-refractivity contribution in [2.75, 3.05) is 23.8 Å². The van der Waals surface area contributed by atoms with Gasteiger partial charge in [0.2, 0.25) is 5.88 Å². The highest BCUT2D eigenvalue weighted by atomic mass is 16.5. The van der Waals surface area contributed by atoms with E-state index in [4.69, 9.17) is 15.6 Å². The number of fused-ring (bicyclic) bond motifs is 1. The van der Waals surface area contributed by atoms with Gasteiger partial charge in [0.1, 0.15) is 24.3 Å². The predicted molar refractivity (Wildman–Crippen MR) is 104 cm³/mol. The number of nitrogens with zero attached hydrogens (tertiary/aromatic N) is 5. The van der Waals surface area contributed by atoms with Gasteiger partial charge in [-0.25, -0.2) is 9.97 Å². The topological polar surface area (TPSA) is 136 Å². The van der Waals surface area contributed by atoms with Gasteiger partial charge in [-0.2, -0.15) is 5.10 Å². The van der Waals surface area contributed by atoms with Crippen molar-refractivity contribution in [3.63, 3.8) is 0 Å². The maximum absolute atomic E-state index is 13.0. The van der Waals surface area contributed by atoms with E-state index in [0.717, 1.165) is 11.1 Å². The van der Waals surface area contributed by atoms with E-state index >= 15 is 0 Å². The van der Waals surface area contributed by atoms with E-state index in [-0.39, 0.29) is 36.2 Å². The number of hydrogen-bond donors (Lipinski definition) is 2. The number of anilines is 2. The molecule has 0 radical (unpaired) electrons. The zero-order valence-electron chi connectivity index (χ0n) is 15.4. The Bertz CT molecular complexity index is 1060. The van der Waals surface area contributed by atoms with Gasteiger partial charge in [0, 0.05) is 17.4 Å². The number of amides is 1. The van der Waals surface area contributed by atoms with E-state index in [1.54, 1.807) is 22.0 Å². The Morgan fingerprint density at radius 1 is 1.21 bits per heavy atom. The SMILES string of the molecule is Nc1ncnc2c1C(=O)N(c1ccc(-c3cnn(CCC(=O)O)c3)cc1)CCO2. The van der Waals surface area contributed by atoms with Crippen LogP contribution in [0.4, 0.5) is 11.5 Å². The molecule has 3 heterocycles. The molecule has 0 bridgehead atoms.